The average Bonchev–Trinajstić information content (AvgIpc) is 2.73. The summed E-state index contributed by atoms with van der Waals surface area (Å²) < 4.78 is 28.6. The minimum absolute atomic E-state index is 0.220. The molecule has 0 saturated carbocycles. The van der Waals surface area contributed by atoms with Crippen molar-refractivity contribution in [1.82, 2.24) is 0 Å². The first-order valence-electron chi connectivity index (χ1n) is 9.64. The van der Waals surface area contributed by atoms with E-state index in [4.69, 9.17) is 0 Å². The van der Waals surface area contributed by atoms with Crippen molar-refractivity contribution in [3.63, 3.8) is 0 Å². The SMILES string of the molecule is Cc1ccc(S(=O)(=O)N2CCCc3cc(NC(=O)c4ccccc4Br)ccc32)cc1. The van der Waals surface area contributed by atoms with Crippen molar-refractivity contribution >= 4 is 43.2 Å². The summed E-state index contributed by atoms with van der Waals surface area (Å²) in [7, 11) is -3.64. The first kappa shape index (κ1) is 20.6. The van der Waals surface area contributed by atoms with Gasteiger partial charge in [0, 0.05) is 16.7 Å². The van der Waals surface area contributed by atoms with Gasteiger partial charge >= 0.3 is 0 Å². The summed E-state index contributed by atoms with van der Waals surface area (Å²) in [4.78, 5) is 12.9. The van der Waals surface area contributed by atoms with Gasteiger partial charge in [-0.3, -0.25) is 9.10 Å². The molecule has 1 aliphatic rings. The van der Waals surface area contributed by atoms with Crippen LogP contribution >= 0.6 is 15.9 Å². The number of halogens is 1. The van der Waals surface area contributed by atoms with Crippen LogP contribution in [0.5, 0.6) is 0 Å². The van der Waals surface area contributed by atoms with Crippen LogP contribution in [-0.2, 0) is 16.4 Å². The van der Waals surface area contributed by atoms with Gasteiger partial charge < -0.3 is 5.32 Å². The van der Waals surface area contributed by atoms with Crippen LogP contribution in [-0.4, -0.2) is 20.9 Å². The molecule has 30 heavy (non-hydrogen) atoms. The van der Waals surface area contributed by atoms with Gasteiger partial charge in [0.1, 0.15) is 0 Å². The number of aryl methyl sites for hydroxylation is 2. The molecule has 154 valence electrons. The Balaban J connectivity index is 1.62. The molecule has 0 radical (unpaired) electrons. The summed E-state index contributed by atoms with van der Waals surface area (Å²) in [6.07, 6.45) is 1.48. The summed E-state index contributed by atoms with van der Waals surface area (Å²) in [5, 5.41) is 2.90. The van der Waals surface area contributed by atoms with E-state index < -0.39 is 10.0 Å². The molecule has 7 heteroatoms. The van der Waals surface area contributed by atoms with Gasteiger partial charge in [-0.1, -0.05) is 29.8 Å². The lowest BCUT2D eigenvalue weighted by molar-refractivity contribution is 0.102. The summed E-state index contributed by atoms with van der Waals surface area (Å²) in [5.74, 6) is -0.220. The summed E-state index contributed by atoms with van der Waals surface area (Å²) >= 11 is 3.39. The molecule has 5 nitrogen and oxygen atoms in total. The van der Waals surface area contributed by atoms with Gasteiger partial charge in [0.2, 0.25) is 0 Å². The number of anilines is 2. The standard InChI is InChI=1S/C23H21BrN2O3S/c1-16-8-11-19(12-9-16)30(28,29)26-14-4-5-17-15-18(10-13-22(17)26)25-23(27)20-6-2-3-7-21(20)24/h2-3,6-13,15H,4-5,14H2,1H3,(H,25,27). The first-order valence-corrected chi connectivity index (χ1v) is 11.9. The Morgan fingerprint density at radius 1 is 1.03 bits per heavy atom. The highest BCUT2D eigenvalue weighted by atomic mass is 79.9. The van der Waals surface area contributed by atoms with Crippen molar-refractivity contribution in [3.8, 4) is 0 Å². The van der Waals surface area contributed by atoms with E-state index in [2.05, 4.69) is 21.2 Å². The molecule has 0 saturated heterocycles. The summed E-state index contributed by atoms with van der Waals surface area (Å²) in [6.45, 7) is 2.36. The van der Waals surface area contributed by atoms with E-state index in [9.17, 15) is 13.2 Å². The summed E-state index contributed by atoms with van der Waals surface area (Å²) in [6, 6.07) is 19.5. The third kappa shape index (κ3) is 4.00. The van der Waals surface area contributed by atoms with Crippen LogP contribution in [0.4, 0.5) is 11.4 Å². The highest BCUT2D eigenvalue weighted by Crippen LogP contribution is 2.34. The second kappa shape index (κ2) is 8.24. The fourth-order valence-corrected chi connectivity index (χ4v) is 5.58. The summed E-state index contributed by atoms with van der Waals surface area (Å²) in [5.41, 5.74) is 3.77. The van der Waals surface area contributed by atoms with Crippen LogP contribution in [0.15, 0.2) is 76.1 Å². The number of carbonyl (C=O) groups excluding carboxylic acids is 1. The molecule has 3 aromatic rings. The van der Waals surface area contributed by atoms with E-state index >= 15 is 0 Å². The molecule has 1 N–H and O–H groups in total. The first-order chi connectivity index (χ1) is 14.4. The molecule has 3 aromatic carbocycles. The fourth-order valence-electron chi connectivity index (χ4n) is 3.57. The van der Waals surface area contributed by atoms with Crippen LogP contribution in [0.1, 0.15) is 27.9 Å². The quantitative estimate of drug-likeness (QED) is 0.556. The smallest absolute Gasteiger partial charge is 0.264 e. The maximum atomic E-state index is 13.2. The van der Waals surface area contributed by atoms with E-state index in [1.807, 2.05) is 25.1 Å². The van der Waals surface area contributed by atoms with E-state index in [0.717, 1.165) is 28.4 Å². The van der Waals surface area contributed by atoms with Crippen LogP contribution in [0.3, 0.4) is 0 Å². The predicted molar refractivity (Wildman–Crippen MR) is 123 cm³/mol. The van der Waals surface area contributed by atoms with Crippen LogP contribution < -0.4 is 9.62 Å². The minimum Gasteiger partial charge on any atom is -0.322 e. The van der Waals surface area contributed by atoms with E-state index in [-0.39, 0.29) is 10.8 Å². The second-order valence-corrected chi connectivity index (χ2v) is 9.99. The molecule has 1 amide bonds. The lowest BCUT2D eigenvalue weighted by atomic mass is 10.0. The largest absolute Gasteiger partial charge is 0.322 e. The van der Waals surface area contributed by atoms with Crippen molar-refractivity contribution < 1.29 is 13.2 Å². The molecule has 1 heterocycles. The maximum absolute atomic E-state index is 13.2. The Morgan fingerprint density at radius 2 is 1.77 bits per heavy atom. The highest BCUT2D eigenvalue weighted by molar-refractivity contribution is 9.10. The second-order valence-electron chi connectivity index (χ2n) is 7.27. The Hall–Kier alpha value is -2.64. The zero-order valence-corrected chi connectivity index (χ0v) is 18.8. The average molecular weight is 485 g/mol. The number of nitrogens with one attached hydrogen (secondary N) is 1. The van der Waals surface area contributed by atoms with Gasteiger partial charge in [-0.15, -0.1) is 0 Å². The Labute approximate surface area is 184 Å². The highest BCUT2D eigenvalue weighted by Gasteiger charge is 2.29. The molecule has 0 fully saturated rings. The van der Waals surface area contributed by atoms with Gasteiger partial charge in [0.05, 0.1) is 16.1 Å². The molecule has 0 aromatic heterocycles. The molecule has 0 aliphatic carbocycles. The number of carbonyl (C=O) groups is 1. The predicted octanol–water partition coefficient (Wildman–Crippen LogP) is 5.15. The van der Waals surface area contributed by atoms with Crippen molar-refractivity contribution in [2.75, 3.05) is 16.2 Å². The number of hydrogen-bond donors (Lipinski definition) is 1. The number of amides is 1. The van der Waals surface area contributed by atoms with Crippen molar-refractivity contribution in [2.24, 2.45) is 0 Å². The monoisotopic (exact) mass is 484 g/mol. The number of nitrogens with zero attached hydrogens (tertiary/aromatic N) is 1. The number of sulfonamides is 1. The van der Waals surface area contributed by atoms with Gasteiger partial charge in [0.25, 0.3) is 15.9 Å². The molecule has 0 atom stereocenters. The lowest BCUT2D eigenvalue weighted by Gasteiger charge is -2.31. The van der Waals surface area contributed by atoms with E-state index in [1.54, 1.807) is 48.5 Å². The molecule has 0 unspecified atom stereocenters. The van der Waals surface area contributed by atoms with Crippen molar-refractivity contribution in [2.45, 2.75) is 24.7 Å². The number of benzene rings is 3. The maximum Gasteiger partial charge on any atom is 0.264 e. The fraction of sp³-hybridized carbons (Fsp3) is 0.174. The van der Waals surface area contributed by atoms with Gasteiger partial charge in [-0.25, -0.2) is 8.42 Å². The van der Waals surface area contributed by atoms with Crippen molar-refractivity contribution in [3.05, 3.63) is 87.9 Å². The number of fused-ring (bicyclic) bond motifs is 1. The molecule has 1 aliphatic heterocycles. The molecular weight excluding hydrogens is 464 g/mol. The third-order valence-electron chi connectivity index (χ3n) is 5.14. The Morgan fingerprint density at radius 3 is 2.50 bits per heavy atom. The third-order valence-corrected chi connectivity index (χ3v) is 7.66. The number of rotatable bonds is 4. The zero-order valence-electron chi connectivity index (χ0n) is 16.4. The van der Waals surface area contributed by atoms with Crippen LogP contribution in [0.25, 0.3) is 0 Å². The lowest BCUT2D eigenvalue weighted by Crippen LogP contribution is -2.35. The number of hydrogen-bond acceptors (Lipinski definition) is 3. The molecule has 0 spiro atoms. The van der Waals surface area contributed by atoms with Crippen molar-refractivity contribution in [1.29, 1.82) is 0 Å². The Kier molecular flexibility index (Phi) is 5.66. The molecule has 0 bridgehead atoms. The topological polar surface area (TPSA) is 66.5 Å². The van der Waals surface area contributed by atoms with Crippen LogP contribution in [0.2, 0.25) is 0 Å². The van der Waals surface area contributed by atoms with E-state index in [1.165, 1.54) is 4.31 Å². The van der Waals surface area contributed by atoms with E-state index in [0.29, 0.717) is 23.5 Å². The Bertz CT molecular complexity index is 1210. The zero-order chi connectivity index (χ0) is 21.3. The molecular formula is C23H21BrN2O3S. The normalized spacial score (nSPS) is 13.6. The minimum atomic E-state index is -3.64. The van der Waals surface area contributed by atoms with Gasteiger partial charge in [-0.2, -0.15) is 0 Å². The van der Waals surface area contributed by atoms with Crippen LogP contribution in [0, 0.1) is 6.92 Å². The van der Waals surface area contributed by atoms with Gasteiger partial charge in [-0.05, 0) is 83.7 Å². The molecule has 4 rings (SSSR count). The van der Waals surface area contributed by atoms with Gasteiger partial charge in [0.15, 0.2) is 0 Å².